The van der Waals surface area contributed by atoms with Crippen LogP contribution in [0.25, 0.3) is 27.4 Å². The Balaban J connectivity index is 1.34. The monoisotopic (exact) mass is 435 g/mol. The number of benzene rings is 1. The molecule has 2 aromatic heterocycles. The van der Waals surface area contributed by atoms with Gasteiger partial charge in [-0.3, -0.25) is 14.7 Å². The van der Waals surface area contributed by atoms with Crippen LogP contribution in [-0.2, 0) is 0 Å². The van der Waals surface area contributed by atoms with Gasteiger partial charge in [-0.05, 0) is 74.0 Å². The van der Waals surface area contributed by atoms with Crippen LogP contribution < -0.4 is 10.3 Å². The third kappa shape index (κ3) is 3.02. The molecule has 5 heteroatoms. The molecule has 4 heterocycles. The summed E-state index contributed by atoms with van der Waals surface area (Å²) in [4.78, 5) is 23.1. The molecule has 4 aromatic rings. The van der Waals surface area contributed by atoms with Gasteiger partial charge in [0.05, 0.1) is 16.9 Å². The number of fused-ring (bicyclic) bond motifs is 4. The molecule has 2 aromatic carbocycles. The Kier molecular flexibility index (Phi) is 4.04. The minimum atomic E-state index is 0.157. The van der Waals surface area contributed by atoms with Gasteiger partial charge in [-0.2, -0.15) is 0 Å². The number of hydrogen-bond donors (Lipinski definition) is 0. The normalized spacial score (nSPS) is 19.8. The van der Waals surface area contributed by atoms with Crippen LogP contribution in [-0.4, -0.2) is 46.5 Å². The average Bonchev–Trinajstić information content (AvgIpc) is 3.27. The summed E-state index contributed by atoms with van der Waals surface area (Å²) in [5.41, 5.74) is 8.67. The van der Waals surface area contributed by atoms with Crippen LogP contribution in [0.3, 0.4) is 0 Å². The van der Waals surface area contributed by atoms with E-state index in [9.17, 15) is 4.79 Å². The topological polar surface area (TPSA) is 40.9 Å². The van der Waals surface area contributed by atoms with Gasteiger partial charge < -0.3 is 9.30 Å². The molecule has 2 aliphatic heterocycles. The quantitative estimate of drug-likeness (QED) is 0.414. The Morgan fingerprint density at radius 3 is 2.82 bits per heavy atom. The van der Waals surface area contributed by atoms with Crippen molar-refractivity contribution in [3.8, 4) is 11.1 Å². The molecule has 0 spiro atoms. The maximum absolute atomic E-state index is 13.4. The highest BCUT2D eigenvalue weighted by atomic mass is 16.1. The first-order valence-electron chi connectivity index (χ1n) is 12.0. The molecule has 7 rings (SSSR count). The lowest BCUT2D eigenvalue weighted by Crippen LogP contribution is -2.50. The van der Waals surface area contributed by atoms with Gasteiger partial charge in [-0.25, -0.2) is 0 Å². The number of aryl methyl sites for hydroxylation is 2. The highest BCUT2D eigenvalue weighted by Gasteiger charge is 2.31. The fourth-order valence-electron chi connectivity index (χ4n) is 6.00. The molecule has 0 N–H and O–H groups in total. The first-order chi connectivity index (χ1) is 16.0. The molecule has 0 unspecified atom stereocenters. The van der Waals surface area contributed by atoms with Crippen molar-refractivity contribution in [3.05, 3.63) is 81.9 Å². The molecule has 2 fully saturated rings. The van der Waals surface area contributed by atoms with Crippen molar-refractivity contribution in [2.24, 2.45) is 0 Å². The lowest BCUT2D eigenvalue weighted by Gasteiger charge is -2.38. The van der Waals surface area contributed by atoms with Crippen LogP contribution in [0.1, 0.15) is 35.4 Å². The van der Waals surface area contributed by atoms with E-state index in [2.05, 4.69) is 61.9 Å². The number of aromatic nitrogens is 2. The molecule has 5 nitrogen and oxygen atoms in total. The predicted molar refractivity (Wildman–Crippen MR) is 133 cm³/mol. The standard InChI is InChI=1S/C28H27N4O/c1-17-14-32-15-20(11-27(32)18(2)29-17)23-10-19-5-6-21(12-24(19)28(33)26-13-25(23)26)31-9-8-30-7-3-4-22(30)16-31/h5-6,10-15,22H,3-4,7-9,16H2,1-2H3/t22-/m1/s1. The third-order valence-corrected chi connectivity index (χ3v) is 7.76. The zero-order valence-corrected chi connectivity index (χ0v) is 19.1. The third-order valence-electron chi connectivity index (χ3n) is 7.76. The molecule has 2 saturated heterocycles. The number of hydrogen-bond acceptors (Lipinski definition) is 4. The first kappa shape index (κ1) is 19.3. The Morgan fingerprint density at radius 1 is 1.00 bits per heavy atom. The van der Waals surface area contributed by atoms with Crippen molar-refractivity contribution in [2.45, 2.75) is 32.7 Å². The molecule has 33 heavy (non-hydrogen) atoms. The van der Waals surface area contributed by atoms with E-state index in [4.69, 9.17) is 0 Å². The summed E-state index contributed by atoms with van der Waals surface area (Å²) in [6.45, 7) is 8.54. The van der Waals surface area contributed by atoms with Gasteiger partial charge in [0.25, 0.3) is 0 Å². The lowest BCUT2D eigenvalue weighted by molar-refractivity contribution is 0.231. The molecular weight excluding hydrogens is 408 g/mol. The minimum Gasteiger partial charge on any atom is -0.369 e. The molecular formula is C28H27N4O. The van der Waals surface area contributed by atoms with Crippen LogP contribution >= 0.6 is 0 Å². The van der Waals surface area contributed by atoms with Gasteiger partial charge in [0.2, 0.25) is 0 Å². The Labute approximate surface area is 193 Å². The second kappa shape index (κ2) is 6.91. The van der Waals surface area contributed by atoms with Crippen LogP contribution in [0.15, 0.2) is 47.5 Å². The van der Waals surface area contributed by atoms with Gasteiger partial charge in [0.1, 0.15) is 0 Å². The van der Waals surface area contributed by atoms with E-state index in [1.54, 1.807) is 0 Å². The highest BCUT2D eigenvalue weighted by molar-refractivity contribution is 5.94. The fraction of sp³-hybridized carbons (Fsp3) is 0.321. The van der Waals surface area contributed by atoms with E-state index in [0.29, 0.717) is 6.04 Å². The summed E-state index contributed by atoms with van der Waals surface area (Å²) in [5, 5.41) is 1.84. The Bertz CT molecular complexity index is 1520. The smallest absolute Gasteiger partial charge is 0.190 e. The summed E-state index contributed by atoms with van der Waals surface area (Å²) in [6, 6.07) is 11.5. The van der Waals surface area contributed by atoms with Gasteiger partial charge in [0, 0.05) is 66.7 Å². The van der Waals surface area contributed by atoms with E-state index in [-0.39, 0.29) is 5.43 Å². The Morgan fingerprint density at radius 2 is 1.91 bits per heavy atom. The molecule has 0 saturated carbocycles. The minimum absolute atomic E-state index is 0.157. The van der Waals surface area contributed by atoms with Crippen LogP contribution in [0.2, 0.25) is 0 Å². The summed E-state index contributed by atoms with van der Waals surface area (Å²) in [5.74, 6) is 0. The molecule has 1 radical (unpaired) electrons. The fourth-order valence-corrected chi connectivity index (χ4v) is 6.00. The number of rotatable bonds is 2. The van der Waals surface area contributed by atoms with E-state index in [1.165, 1.54) is 25.1 Å². The Hall–Kier alpha value is -3.18. The number of anilines is 1. The second-order valence-corrected chi connectivity index (χ2v) is 9.90. The van der Waals surface area contributed by atoms with E-state index >= 15 is 0 Å². The molecule has 0 bridgehead atoms. The second-order valence-electron chi connectivity index (χ2n) is 9.90. The van der Waals surface area contributed by atoms with E-state index < -0.39 is 0 Å². The SMILES string of the molecule is Cc1cn2cc(-c3cc4ccc(N5CCN6CCC[C@@H]6C5)cc4c(=O)c4c3[CH]4)cc2c(C)n1. The predicted octanol–water partition coefficient (Wildman–Crippen LogP) is 4.33. The summed E-state index contributed by atoms with van der Waals surface area (Å²) in [7, 11) is 0. The van der Waals surface area contributed by atoms with Crippen molar-refractivity contribution in [1.82, 2.24) is 14.3 Å². The van der Waals surface area contributed by atoms with Gasteiger partial charge >= 0.3 is 0 Å². The van der Waals surface area contributed by atoms with Gasteiger partial charge in [-0.15, -0.1) is 0 Å². The largest absolute Gasteiger partial charge is 0.369 e. The molecule has 0 amide bonds. The number of piperazine rings is 1. The van der Waals surface area contributed by atoms with Crippen molar-refractivity contribution < 1.29 is 0 Å². The first-order valence-corrected chi connectivity index (χ1v) is 12.0. The summed E-state index contributed by atoms with van der Waals surface area (Å²) in [6.07, 6.45) is 8.86. The van der Waals surface area contributed by atoms with Crippen molar-refractivity contribution in [2.75, 3.05) is 31.1 Å². The maximum Gasteiger partial charge on any atom is 0.190 e. The van der Waals surface area contributed by atoms with Crippen molar-refractivity contribution >= 4 is 22.0 Å². The van der Waals surface area contributed by atoms with Crippen molar-refractivity contribution in [3.63, 3.8) is 0 Å². The molecule has 1 atom stereocenters. The van der Waals surface area contributed by atoms with Crippen LogP contribution in [0.5, 0.6) is 0 Å². The van der Waals surface area contributed by atoms with Crippen molar-refractivity contribution in [1.29, 1.82) is 0 Å². The average molecular weight is 436 g/mol. The van der Waals surface area contributed by atoms with Gasteiger partial charge in [0.15, 0.2) is 5.43 Å². The summed E-state index contributed by atoms with van der Waals surface area (Å²) < 4.78 is 2.15. The van der Waals surface area contributed by atoms with E-state index in [0.717, 1.165) is 69.6 Å². The summed E-state index contributed by atoms with van der Waals surface area (Å²) >= 11 is 0. The lowest BCUT2D eigenvalue weighted by atomic mass is 10.1. The van der Waals surface area contributed by atoms with Crippen LogP contribution in [0.4, 0.5) is 5.69 Å². The molecule has 3 aliphatic rings. The van der Waals surface area contributed by atoms with E-state index in [1.807, 2.05) is 20.3 Å². The van der Waals surface area contributed by atoms with Gasteiger partial charge in [-0.1, -0.05) is 6.07 Å². The molecule has 165 valence electrons. The zero-order valence-electron chi connectivity index (χ0n) is 19.1. The highest BCUT2D eigenvalue weighted by Crippen LogP contribution is 2.40. The zero-order chi connectivity index (χ0) is 22.3. The molecule has 1 aliphatic carbocycles. The number of nitrogens with zero attached hydrogens (tertiary/aromatic N) is 4. The maximum atomic E-state index is 13.4. The van der Waals surface area contributed by atoms with Crippen LogP contribution in [0, 0.1) is 20.3 Å².